The largest absolute Gasteiger partial charge is 0.481 e. The molecule has 20 heavy (non-hydrogen) atoms. The highest BCUT2D eigenvalue weighted by Gasteiger charge is 2.12. The van der Waals surface area contributed by atoms with E-state index in [1.54, 1.807) is 0 Å². The van der Waals surface area contributed by atoms with Crippen molar-refractivity contribution in [2.45, 2.75) is 32.2 Å². The van der Waals surface area contributed by atoms with E-state index in [0.717, 1.165) is 34.0 Å². The SMILES string of the molecule is CCc1cc(SCC(=O)O)n(-c2cc(C)ccc2C)n1. The average Bonchev–Trinajstić information content (AvgIpc) is 2.82. The molecule has 4 nitrogen and oxygen atoms in total. The highest BCUT2D eigenvalue weighted by atomic mass is 32.2. The number of carboxylic acids is 1. The van der Waals surface area contributed by atoms with Gasteiger partial charge in [-0.15, -0.1) is 0 Å². The first-order chi connectivity index (χ1) is 9.51. The minimum atomic E-state index is -0.818. The molecule has 1 aromatic carbocycles. The Morgan fingerprint density at radius 1 is 1.35 bits per heavy atom. The number of hydrogen-bond donors (Lipinski definition) is 1. The molecule has 0 unspecified atom stereocenters. The molecule has 106 valence electrons. The highest BCUT2D eigenvalue weighted by molar-refractivity contribution is 7.99. The summed E-state index contributed by atoms with van der Waals surface area (Å²) in [4.78, 5) is 10.8. The zero-order chi connectivity index (χ0) is 14.7. The van der Waals surface area contributed by atoms with Crippen LogP contribution in [-0.4, -0.2) is 26.6 Å². The van der Waals surface area contributed by atoms with Gasteiger partial charge in [0, 0.05) is 0 Å². The average molecular weight is 290 g/mol. The van der Waals surface area contributed by atoms with E-state index in [1.165, 1.54) is 11.8 Å². The summed E-state index contributed by atoms with van der Waals surface area (Å²) in [5.41, 5.74) is 4.27. The summed E-state index contributed by atoms with van der Waals surface area (Å²) in [6.07, 6.45) is 0.832. The third-order valence-electron chi connectivity index (χ3n) is 3.03. The molecule has 1 aromatic heterocycles. The number of thioether (sulfide) groups is 1. The topological polar surface area (TPSA) is 55.1 Å². The molecule has 1 N–H and O–H groups in total. The molecule has 0 aliphatic rings. The fourth-order valence-electron chi connectivity index (χ4n) is 1.94. The predicted octanol–water partition coefficient (Wildman–Crippen LogP) is 3.23. The standard InChI is InChI=1S/C15H18N2O2S/c1-4-12-8-14(20-9-15(18)19)17(16-12)13-7-10(2)5-6-11(13)3/h5-8H,4,9H2,1-3H3,(H,18,19). The maximum Gasteiger partial charge on any atom is 0.313 e. The van der Waals surface area contributed by atoms with Crippen LogP contribution in [0, 0.1) is 13.8 Å². The number of aromatic nitrogens is 2. The van der Waals surface area contributed by atoms with Crippen molar-refractivity contribution in [1.82, 2.24) is 9.78 Å². The maximum absolute atomic E-state index is 10.8. The van der Waals surface area contributed by atoms with Crippen LogP contribution in [0.15, 0.2) is 29.3 Å². The predicted molar refractivity (Wildman–Crippen MR) is 80.8 cm³/mol. The fraction of sp³-hybridized carbons (Fsp3) is 0.333. The van der Waals surface area contributed by atoms with Gasteiger partial charge in [-0.05, 0) is 43.5 Å². The normalized spacial score (nSPS) is 10.8. The summed E-state index contributed by atoms with van der Waals surface area (Å²) in [6.45, 7) is 6.12. The Bertz CT molecular complexity index is 635. The van der Waals surface area contributed by atoms with Crippen LogP contribution in [0.2, 0.25) is 0 Å². The second-order valence-electron chi connectivity index (χ2n) is 4.71. The van der Waals surface area contributed by atoms with Gasteiger partial charge in [-0.1, -0.05) is 30.8 Å². The lowest BCUT2D eigenvalue weighted by molar-refractivity contribution is -0.133. The Balaban J connectivity index is 2.45. The molecule has 0 radical (unpaired) electrons. The van der Waals surface area contributed by atoms with Crippen LogP contribution in [0.3, 0.4) is 0 Å². The first-order valence-electron chi connectivity index (χ1n) is 6.52. The van der Waals surface area contributed by atoms with Crippen LogP contribution in [0.5, 0.6) is 0 Å². The number of carboxylic acid groups (broad SMARTS) is 1. The zero-order valence-electron chi connectivity index (χ0n) is 11.9. The number of rotatable bonds is 5. The minimum Gasteiger partial charge on any atom is -0.481 e. The second kappa shape index (κ2) is 6.13. The lowest BCUT2D eigenvalue weighted by Crippen LogP contribution is -2.04. The minimum absolute atomic E-state index is 0.0414. The van der Waals surface area contributed by atoms with E-state index in [1.807, 2.05) is 31.5 Å². The number of benzene rings is 1. The Morgan fingerprint density at radius 2 is 2.10 bits per heavy atom. The maximum atomic E-state index is 10.8. The van der Waals surface area contributed by atoms with Crippen molar-refractivity contribution in [2.75, 3.05) is 5.75 Å². The van der Waals surface area contributed by atoms with E-state index in [9.17, 15) is 4.79 Å². The van der Waals surface area contributed by atoms with Crippen LogP contribution in [0.4, 0.5) is 0 Å². The van der Waals surface area contributed by atoms with Crippen molar-refractivity contribution >= 4 is 17.7 Å². The molecule has 0 amide bonds. The van der Waals surface area contributed by atoms with Gasteiger partial charge in [0.15, 0.2) is 0 Å². The quantitative estimate of drug-likeness (QED) is 0.859. The molecule has 0 saturated heterocycles. The number of aryl methyl sites for hydroxylation is 3. The molecule has 0 aliphatic heterocycles. The smallest absolute Gasteiger partial charge is 0.313 e. The third-order valence-corrected chi connectivity index (χ3v) is 4.00. The number of hydrogen-bond acceptors (Lipinski definition) is 3. The summed E-state index contributed by atoms with van der Waals surface area (Å²) in [5, 5.41) is 14.3. The fourth-order valence-corrected chi connectivity index (χ4v) is 2.69. The van der Waals surface area contributed by atoms with E-state index >= 15 is 0 Å². The summed E-state index contributed by atoms with van der Waals surface area (Å²) >= 11 is 1.30. The number of aliphatic carboxylic acids is 1. The second-order valence-corrected chi connectivity index (χ2v) is 5.71. The number of carbonyl (C=O) groups is 1. The Kier molecular flexibility index (Phi) is 4.49. The van der Waals surface area contributed by atoms with Crippen molar-refractivity contribution in [3.8, 4) is 5.69 Å². The molecule has 2 aromatic rings. The van der Waals surface area contributed by atoms with Crippen molar-refractivity contribution in [1.29, 1.82) is 0 Å². The summed E-state index contributed by atoms with van der Waals surface area (Å²) in [7, 11) is 0. The Labute approximate surface area is 122 Å². The van der Waals surface area contributed by atoms with E-state index < -0.39 is 5.97 Å². The van der Waals surface area contributed by atoms with E-state index in [2.05, 4.69) is 23.3 Å². The van der Waals surface area contributed by atoms with Gasteiger partial charge in [-0.25, -0.2) is 4.68 Å². The first-order valence-corrected chi connectivity index (χ1v) is 7.51. The molecular weight excluding hydrogens is 272 g/mol. The van der Waals surface area contributed by atoms with E-state index in [-0.39, 0.29) is 5.75 Å². The molecule has 0 fully saturated rings. The van der Waals surface area contributed by atoms with Gasteiger partial charge in [-0.3, -0.25) is 4.79 Å². The van der Waals surface area contributed by atoms with Crippen molar-refractivity contribution in [3.63, 3.8) is 0 Å². The van der Waals surface area contributed by atoms with E-state index in [0.29, 0.717) is 0 Å². The molecule has 5 heteroatoms. The van der Waals surface area contributed by atoms with Crippen molar-refractivity contribution < 1.29 is 9.90 Å². The molecule has 1 heterocycles. The summed E-state index contributed by atoms with van der Waals surface area (Å²) in [6, 6.07) is 8.17. The van der Waals surface area contributed by atoms with Gasteiger partial charge in [-0.2, -0.15) is 5.10 Å². The van der Waals surface area contributed by atoms with E-state index in [4.69, 9.17) is 5.11 Å². The lowest BCUT2D eigenvalue weighted by atomic mass is 10.1. The molecule has 0 bridgehead atoms. The molecular formula is C15H18N2O2S. The van der Waals surface area contributed by atoms with Gasteiger partial charge in [0.25, 0.3) is 0 Å². The molecule has 0 atom stereocenters. The zero-order valence-corrected chi connectivity index (χ0v) is 12.7. The van der Waals surface area contributed by atoms with Gasteiger partial charge in [0.1, 0.15) is 5.03 Å². The van der Waals surface area contributed by atoms with Gasteiger partial charge >= 0.3 is 5.97 Å². The first kappa shape index (κ1) is 14.7. The summed E-state index contributed by atoms with van der Waals surface area (Å²) < 4.78 is 1.86. The van der Waals surface area contributed by atoms with Crippen LogP contribution in [-0.2, 0) is 11.2 Å². The van der Waals surface area contributed by atoms with Crippen molar-refractivity contribution in [2.24, 2.45) is 0 Å². The highest BCUT2D eigenvalue weighted by Crippen LogP contribution is 2.25. The molecule has 0 saturated carbocycles. The van der Waals surface area contributed by atoms with Crippen LogP contribution in [0.25, 0.3) is 5.69 Å². The lowest BCUT2D eigenvalue weighted by Gasteiger charge is -2.10. The van der Waals surface area contributed by atoms with Crippen LogP contribution < -0.4 is 0 Å². The van der Waals surface area contributed by atoms with Gasteiger partial charge in [0.2, 0.25) is 0 Å². The Hall–Kier alpha value is -1.75. The Morgan fingerprint density at radius 3 is 2.75 bits per heavy atom. The van der Waals surface area contributed by atoms with Gasteiger partial charge in [0.05, 0.1) is 17.1 Å². The number of nitrogens with zero attached hydrogens (tertiary/aromatic N) is 2. The monoisotopic (exact) mass is 290 g/mol. The summed E-state index contributed by atoms with van der Waals surface area (Å²) in [5.74, 6) is -0.776. The third kappa shape index (κ3) is 3.22. The van der Waals surface area contributed by atoms with Crippen LogP contribution >= 0.6 is 11.8 Å². The molecule has 0 aliphatic carbocycles. The van der Waals surface area contributed by atoms with Gasteiger partial charge < -0.3 is 5.11 Å². The van der Waals surface area contributed by atoms with Crippen LogP contribution in [0.1, 0.15) is 23.7 Å². The molecule has 2 rings (SSSR count). The molecule has 0 spiro atoms. The van der Waals surface area contributed by atoms with Crippen molar-refractivity contribution in [3.05, 3.63) is 41.1 Å².